The van der Waals surface area contributed by atoms with Crippen molar-refractivity contribution in [3.63, 3.8) is 0 Å². The summed E-state index contributed by atoms with van der Waals surface area (Å²) in [5.41, 5.74) is 1.80. The van der Waals surface area contributed by atoms with Crippen molar-refractivity contribution in [1.82, 2.24) is 5.32 Å². The highest BCUT2D eigenvalue weighted by atomic mass is 16.7. The molecule has 2 amide bonds. The Morgan fingerprint density at radius 3 is 2.28 bits per heavy atom. The molecule has 0 saturated heterocycles. The lowest BCUT2D eigenvalue weighted by molar-refractivity contribution is -0.129. The molecule has 2 aromatic rings. The van der Waals surface area contributed by atoms with Gasteiger partial charge in [0.15, 0.2) is 11.5 Å². The number of nitrogens with one attached hydrogen (secondary N) is 2. The van der Waals surface area contributed by atoms with E-state index in [0.29, 0.717) is 30.0 Å². The van der Waals surface area contributed by atoms with E-state index in [1.807, 2.05) is 43.3 Å². The van der Waals surface area contributed by atoms with E-state index in [9.17, 15) is 9.59 Å². The average molecular weight is 394 g/mol. The number of ether oxygens (including phenoxy) is 2. The molecule has 2 aromatic carbocycles. The predicted octanol–water partition coefficient (Wildman–Crippen LogP) is 4.04. The van der Waals surface area contributed by atoms with Crippen LogP contribution in [-0.2, 0) is 9.59 Å². The van der Waals surface area contributed by atoms with Crippen LogP contribution in [0.15, 0.2) is 48.5 Å². The molecule has 152 valence electrons. The van der Waals surface area contributed by atoms with E-state index in [4.69, 9.17) is 9.47 Å². The molecule has 0 aromatic heterocycles. The van der Waals surface area contributed by atoms with Crippen molar-refractivity contribution in [2.45, 2.75) is 38.6 Å². The first-order valence-corrected chi connectivity index (χ1v) is 10.2. The van der Waals surface area contributed by atoms with E-state index in [1.165, 1.54) is 0 Å². The number of hydrogen-bond donors (Lipinski definition) is 2. The van der Waals surface area contributed by atoms with Crippen LogP contribution in [0.5, 0.6) is 11.5 Å². The number of fused-ring (bicyclic) bond motifs is 1. The Morgan fingerprint density at radius 2 is 1.55 bits per heavy atom. The monoisotopic (exact) mass is 394 g/mol. The zero-order valence-electron chi connectivity index (χ0n) is 16.5. The van der Waals surface area contributed by atoms with Gasteiger partial charge in [0, 0.05) is 23.6 Å². The number of hydrogen-bond acceptors (Lipinski definition) is 4. The molecule has 0 spiro atoms. The number of amides is 2. The number of carbonyl (C=O) groups excluding carboxylic acids is 2. The molecule has 1 aliphatic carbocycles. The largest absolute Gasteiger partial charge is 0.454 e. The minimum Gasteiger partial charge on any atom is -0.454 e. The van der Waals surface area contributed by atoms with E-state index >= 15 is 0 Å². The molecule has 1 unspecified atom stereocenters. The molecule has 1 saturated carbocycles. The van der Waals surface area contributed by atoms with Gasteiger partial charge in [-0.1, -0.05) is 30.3 Å². The van der Waals surface area contributed by atoms with Gasteiger partial charge in [0.25, 0.3) is 0 Å². The van der Waals surface area contributed by atoms with E-state index in [-0.39, 0.29) is 36.5 Å². The molecular formula is C23H26N2O4. The van der Waals surface area contributed by atoms with Crippen LogP contribution < -0.4 is 20.1 Å². The zero-order chi connectivity index (χ0) is 20.2. The van der Waals surface area contributed by atoms with Crippen molar-refractivity contribution < 1.29 is 19.1 Å². The molecule has 0 bridgehead atoms. The summed E-state index contributed by atoms with van der Waals surface area (Å²) in [4.78, 5) is 25.2. The van der Waals surface area contributed by atoms with Crippen molar-refractivity contribution in [2.24, 2.45) is 11.8 Å². The van der Waals surface area contributed by atoms with Gasteiger partial charge in [0.2, 0.25) is 18.6 Å². The predicted molar refractivity (Wildman–Crippen MR) is 110 cm³/mol. The summed E-state index contributed by atoms with van der Waals surface area (Å²) in [5, 5.41) is 6.07. The molecule has 6 nitrogen and oxygen atoms in total. The topological polar surface area (TPSA) is 76.7 Å². The molecule has 2 N–H and O–H groups in total. The quantitative estimate of drug-likeness (QED) is 0.803. The third-order valence-electron chi connectivity index (χ3n) is 5.77. The van der Waals surface area contributed by atoms with E-state index < -0.39 is 0 Å². The van der Waals surface area contributed by atoms with E-state index in [1.54, 1.807) is 12.1 Å². The summed E-state index contributed by atoms with van der Waals surface area (Å²) in [6.45, 7) is 2.21. The third-order valence-corrected chi connectivity index (χ3v) is 5.77. The maximum absolute atomic E-state index is 12.6. The standard InChI is InChI=1S/C23H26N2O4/c1-15(16-5-3-2-4-6-16)24-22(26)17-7-9-18(10-8-17)23(27)25-19-11-12-20-21(13-19)29-14-28-20/h2-6,11-13,15,17-18H,7-10,14H2,1H3,(H,24,26)(H,25,27). The Balaban J connectivity index is 1.26. The molecule has 0 radical (unpaired) electrons. The van der Waals surface area contributed by atoms with Gasteiger partial charge in [-0.05, 0) is 50.3 Å². The van der Waals surface area contributed by atoms with Crippen molar-refractivity contribution in [2.75, 3.05) is 12.1 Å². The number of anilines is 1. The molecule has 2 aliphatic rings. The Kier molecular flexibility index (Phi) is 5.69. The lowest BCUT2D eigenvalue weighted by Gasteiger charge is -2.28. The minimum absolute atomic E-state index is 0.000349. The average Bonchev–Trinajstić information content (AvgIpc) is 3.22. The summed E-state index contributed by atoms with van der Waals surface area (Å²) >= 11 is 0. The second-order valence-corrected chi connectivity index (χ2v) is 7.75. The lowest BCUT2D eigenvalue weighted by atomic mass is 9.81. The number of benzene rings is 2. The first kappa shape index (κ1) is 19.3. The Morgan fingerprint density at radius 1 is 0.897 bits per heavy atom. The Labute approximate surface area is 170 Å². The molecule has 1 fully saturated rings. The first-order valence-electron chi connectivity index (χ1n) is 10.2. The Hall–Kier alpha value is -3.02. The highest BCUT2D eigenvalue weighted by Crippen LogP contribution is 2.35. The van der Waals surface area contributed by atoms with Crippen LogP contribution in [0.3, 0.4) is 0 Å². The van der Waals surface area contributed by atoms with Gasteiger partial charge in [-0.3, -0.25) is 9.59 Å². The van der Waals surface area contributed by atoms with Gasteiger partial charge in [-0.2, -0.15) is 0 Å². The van der Waals surface area contributed by atoms with Gasteiger partial charge < -0.3 is 20.1 Å². The summed E-state index contributed by atoms with van der Waals surface area (Å²) in [5.74, 6) is 1.32. The molecule has 4 rings (SSSR count). The van der Waals surface area contributed by atoms with Crippen LogP contribution >= 0.6 is 0 Å². The van der Waals surface area contributed by atoms with E-state index in [0.717, 1.165) is 18.4 Å². The normalized spacial score (nSPS) is 21.3. The molecule has 6 heteroatoms. The summed E-state index contributed by atoms with van der Waals surface area (Å²) in [6, 6.07) is 15.3. The van der Waals surface area contributed by atoms with Crippen LogP contribution in [0.4, 0.5) is 5.69 Å². The van der Waals surface area contributed by atoms with Gasteiger partial charge in [0.05, 0.1) is 6.04 Å². The second kappa shape index (κ2) is 8.55. The van der Waals surface area contributed by atoms with Crippen molar-refractivity contribution >= 4 is 17.5 Å². The SMILES string of the molecule is CC(NC(=O)C1CCC(C(=O)Nc2ccc3c(c2)OCO3)CC1)c1ccccc1. The maximum atomic E-state index is 12.6. The van der Waals surface area contributed by atoms with Gasteiger partial charge in [-0.25, -0.2) is 0 Å². The maximum Gasteiger partial charge on any atom is 0.231 e. The third kappa shape index (κ3) is 4.53. The molecule has 1 heterocycles. The number of carbonyl (C=O) groups is 2. The zero-order valence-corrected chi connectivity index (χ0v) is 16.5. The fourth-order valence-electron chi connectivity index (χ4n) is 3.99. The van der Waals surface area contributed by atoms with Crippen LogP contribution in [0.2, 0.25) is 0 Å². The van der Waals surface area contributed by atoms with Crippen LogP contribution in [-0.4, -0.2) is 18.6 Å². The smallest absolute Gasteiger partial charge is 0.231 e. The van der Waals surface area contributed by atoms with Crippen LogP contribution in [0, 0.1) is 11.8 Å². The van der Waals surface area contributed by atoms with Crippen LogP contribution in [0.25, 0.3) is 0 Å². The fraction of sp³-hybridized carbons (Fsp3) is 0.391. The molecule has 29 heavy (non-hydrogen) atoms. The summed E-state index contributed by atoms with van der Waals surface area (Å²) < 4.78 is 10.6. The summed E-state index contributed by atoms with van der Waals surface area (Å²) in [6.07, 6.45) is 2.89. The van der Waals surface area contributed by atoms with Gasteiger partial charge >= 0.3 is 0 Å². The fourth-order valence-corrected chi connectivity index (χ4v) is 3.99. The van der Waals surface area contributed by atoms with Crippen molar-refractivity contribution in [1.29, 1.82) is 0 Å². The Bertz CT molecular complexity index is 876. The van der Waals surface area contributed by atoms with E-state index in [2.05, 4.69) is 10.6 Å². The van der Waals surface area contributed by atoms with Gasteiger partial charge in [-0.15, -0.1) is 0 Å². The lowest BCUT2D eigenvalue weighted by Crippen LogP contribution is -2.36. The van der Waals surface area contributed by atoms with Crippen molar-refractivity contribution in [3.8, 4) is 11.5 Å². The molecule has 1 aliphatic heterocycles. The highest BCUT2D eigenvalue weighted by Gasteiger charge is 2.30. The summed E-state index contributed by atoms with van der Waals surface area (Å²) in [7, 11) is 0. The minimum atomic E-state index is -0.0731. The number of rotatable bonds is 5. The first-order chi connectivity index (χ1) is 14.1. The second-order valence-electron chi connectivity index (χ2n) is 7.75. The van der Waals surface area contributed by atoms with Gasteiger partial charge in [0.1, 0.15) is 0 Å². The highest BCUT2D eigenvalue weighted by molar-refractivity contribution is 5.93. The molecular weight excluding hydrogens is 368 g/mol. The molecule has 1 atom stereocenters. The van der Waals surface area contributed by atoms with Crippen LogP contribution in [0.1, 0.15) is 44.2 Å². The van der Waals surface area contributed by atoms with Crippen molar-refractivity contribution in [3.05, 3.63) is 54.1 Å².